The van der Waals surface area contributed by atoms with E-state index in [0.717, 1.165) is 4.68 Å². The van der Waals surface area contributed by atoms with Crippen LogP contribution in [0.15, 0.2) is 6.20 Å². The average Bonchev–Trinajstić information content (AvgIpc) is 2.51. The molecule has 0 radical (unpaired) electrons. The minimum absolute atomic E-state index is 0.134. The van der Waals surface area contributed by atoms with Crippen molar-refractivity contribution >= 4 is 5.97 Å². The van der Waals surface area contributed by atoms with E-state index in [9.17, 15) is 9.18 Å². The number of carboxylic acid groups (broad SMARTS) is 1. The smallest absolute Gasteiger partial charge is 0.331 e. The Balaban J connectivity index is 3.00. The molecule has 72 valence electrons. The van der Waals surface area contributed by atoms with E-state index >= 15 is 0 Å². The number of aromatic nitrogens is 3. The maximum Gasteiger partial charge on any atom is 0.331 e. The maximum atomic E-state index is 12.1. The summed E-state index contributed by atoms with van der Waals surface area (Å²) >= 11 is 0. The SMILES string of the molecule is CC(C)(C(=O)O)n1cc(CF)nn1. The third-order valence-electron chi connectivity index (χ3n) is 1.77. The second-order valence-electron chi connectivity index (χ2n) is 3.15. The lowest BCUT2D eigenvalue weighted by molar-refractivity contribution is -0.146. The first kappa shape index (κ1) is 9.63. The van der Waals surface area contributed by atoms with Gasteiger partial charge in [0.2, 0.25) is 0 Å². The Bertz CT molecular complexity index is 321. The van der Waals surface area contributed by atoms with Gasteiger partial charge in [-0.25, -0.2) is 13.9 Å². The van der Waals surface area contributed by atoms with Gasteiger partial charge in [-0.1, -0.05) is 5.21 Å². The highest BCUT2D eigenvalue weighted by molar-refractivity contribution is 5.75. The van der Waals surface area contributed by atoms with E-state index in [4.69, 9.17) is 5.11 Å². The van der Waals surface area contributed by atoms with Crippen LogP contribution in [0.25, 0.3) is 0 Å². The molecule has 5 nitrogen and oxygen atoms in total. The number of nitrogens with zero attached hydrogens (tertiary/aromatic N) is 3. The predicted molar refractivity (Wildman–Crippen MR) is 41.8 cm³/mol. The molecule has 0 spiro atoms. The lowest BCUT2D eigenvalue weighted by atomic mass is 10.1. The monoisotopic (exact) mass is 187 g/mol. The molecule has 1 aromatic rings. The van der Waals surface area contributed by atoms with Gasteiger partial charge in [0.05, 0.1) is 6.20 Å². The van der Waals surface area contributed by atoms with Gasteiger partial charge in [0.25, 0.3) is 0 Å². The number of aliphatic carboxylic acids is 1. The molecular formula is C7H10FN3O2. The first-order valence-electron chi connectivity index (χ1n) is 3.69. The summed E-state index contributed by atoms with van der Waals surface area (Å²) in [6.07, 6.45) is 1.29. The molecule has 0 aliphatic carbocycles. The van der Waals surface area contributed by atoms with Gasteiger partial charge in [0.15, 0.2) is 5.54 Å². The Hall–Kier alpha value is -1.46. The number of rotatable bonds is 3. The van der Waals surface area contributed by atoms with Crippen LogP contribution >= 0.6 is 0 Å². The Morgan fingerprint density at radius 2 is 2.38 bits per heavy atom. The molecule has 0 aliphatic rings. The molecule has 0 bridgehead atoms. The molecule has 0 saturated carbocycles. The fraction of sp³-hybridized carbons (Fsp3) is 0.571. The maximum absolute atomic E-state index is 12.1. The zero-order chi connectivity index (χ0) is 10.1. The highest BCUT2D eigenvalue weighted by Gasteiger charge is 2.30. The van der Waals surface area contributed by atoms with Gasteiger partial charge in [-0.05, 0) is 13.8 Å². The second kappa shape index (κ2) is 3.12. The Morgan fingerprint density at radius 1 is 1.77 bits per heavy atom. The zero-order valence-corrected chi connectivity index (χ0v) is 7.36. The zero-order valence-electron chi connectivity index (χ0n) is 7.36. The minimum Gasteiger partial charge on any atom is -0.479 e. The van der Waals surface area contributed by atoms with Crippen molar-refractivity contribution in [2.75, 3.05) is 0 Å². The molecule has 0 saturated heterocycles. The molecular weight excluding hydrogens is 177 g/mol. The number of carbonyl (C=O) groups is 1. The summed E-state index contributed by atoms with van der Waals surface area (Å²) in [6.45, 7) is 2.19. The fourth-order valence-electron chi connectivity index (χ4n) is 0.731. The van der Waals surface area contributed by atoms with Gasteiger partial charge in [-0.2, -0.15) is 0 Å². The summed E-state index contributed by atoms with van der Waals surface area (Å²) in [6, 6.07) is 0. The van der Waals surface area contributed by atoms with Crippen LogP contribution in [0.5, 0.6) is 0 Å². The van der Waals surface area contributed by atoms with Crippen LogP contribution < -0.4 is 0 Å². The third kappa shape index (κ3) is 1.66. The van der Waals surface area contributed by atoms with Crippen molar-refractivity contribution in [3.63, 3.8) is 0 Å². The van der Waals surface area contributed by atoms with Crippen molar-refractivity contribution in [1.29, 1.82) is 0 Å². The molecule has 6 heteroatoms. The van der Waals surface area contributed by atoms with Crippen molar-refractivity contribution in [2.45, 2.75) is 26.1 Å². The molecule has 0 unspecified atom stereocenters. The lowest BCUT2D eigenvalue weighted by Gasteiger charge is -2.18. The van der Waals surface area contributed by atoms with Crippen LogP contribution in [0.2, 0.25) is 0 Å². The summed E-state index contributed by atoms with van der Waals surface area (Å²) in [5.41, 5.74) is -1.06. The summed E-state index contributed by atoms with van der Waals surface area (Å²) in [5.74, 6) is -1.04. The van der Waals surface area contributed by atoms with Crippen molar-refractivity contribution in [3.05, 3.63) is 11.9 Å². The van der Waals surface area contributed by atoms with Gasteiger partial charge < -0.3 is 5.11 Å². The summed E-state index contributed by atoms with van der Waals surface area (Å²) in [5, 5.41) is 15.8. The van der Waals surface area contributed by atoms with Gasteiger partial charge in [-0.3, -0.25) is 0 Å². The van der Waals surface area contributed by atoms with E-state index in [0.29, 0.717) is 0 Å². The number of hydrogen-bond acceptors (Lipinski definition) is 3. The van der Waals surface area contributed by atoms with E-state index in [1.807, 2.05) is 0 Å². The van der Waals surface area contributed by atoms with Crippen LogP contribution in [0.1, 0.15) is 19.5 Å². The molecule has 1 aromatic heterocycles. The minimum atomic E-state index is -1.19. The fourth-order valence-corrected chi connectivity index (χ4v) is 0.731. The van der Waals surface area contributed by atoms with Gasteiger partial charge >= 0.3 is 5.97 Å². The highest BCUT2D eigenvalue weighted by atomic mass is 19.1. The average molecular weight is 187 g/mol. The van der Waals surface area contributed by atoms with Gasteiger partial charge in [0.1, 0.15) is 12.4 Å². The lowest BCUT2D eigenvalue weighted by Crippen LogP contribution is -2.36. The molecule has 0 amide bonds. The van der Waals surface area contributed by atoms with Crippen molar-refractivity contribution < 1.29 is 14.3 Å². The van der Waals surface area contributed by atoms with E-state index in [1.165, 1.54) is 20.0 Å². The van der Waals surface area contributed by atoms with Crippen molar-refractivity contribution in [3.8, 4) is 0 Å². The first-order valence-corrected chi connectivity index (χ1v) is 3.69. The quantitative estimate of drug-likeness (QED) is 0.751. The van der Waals surface area contributed by atoms with Gasteiger partial charge in [0, 0.05) is 0 Å². The Kier molecular flexibility index (Phi) is 2.31. The standard InChI is InChI=1S/C7H10FN3O2/c1-7(2,6(12)13)11-4-5(3-8)9-10-11/h4H,3H2,1-2H3,(H,12,13). The first-order chi connectivity index (χ1) is 5.98. The van der Waals surface area contributed by atoms with E-state index in [2.05, 4.69) is 10.3 Å². The van der Waals surface area contributed by atoms with Crippen LogP contribution in [-0.4, -0.2) is 26.1 Å². The van der Waals surface area contributed by atoms with Crippen LogP contribution in [0, 0.1) is 0 Å². The number of halogens is 1. The topological polar surface area (TPSA) is 68.0 Å². The largest absolute Gasteiger partial charge is 0.479 e. The summed E-state index contributed by atoms with van der Waals surface area (Å²) < 4.78 is 13.2. The number of hydrogen-bond donors (Lipinski definition) is 1. The number of alkyl halides is 1. The van der Waals surface area contributed by atoms with Gasteiger partial charge in [-0.15, -0.1) is 5.10 Å². The highest BCUT2D eigenvalue weighted by Crippen LogP contribution is 2.13. The molecule has 0 fully saturated rings. The van der Waals surface area contributed by atoms with Crippen LogP contribution in [0.4, 0.5) is 4.39 Å². The molecule has 0 aliphatic heterocycles. The molecule has 13 heavy (non-hydrogen) atoms. The molecule has 0 aromatic carbocycles. The molecule has 1 rings (SSSR count). The normalized spacial score (nSPS) is 11.6. The molecule has 1 heterocycles. The van der Waals surface area contributed by atoms with Crippen LogP contribution in [-0.2, 0) is 17.0 Å². The molecule has 0 atom stereocenters. The Morgan fingerprint density at radius 3 is 2.77 bits per heavy atom. The number of carboxylic acids is 1. The van der Waals surface area contributed by atoms with E-state index in [1.54, 1.807) is 0 Å². The second-order valence-corrected chi connectivity index (χ2v) is 3.15. The van der Waals surface area contributed by atoms with E-state index in [-0.39, 0.29) is 5.69 Å². The summed E-state index contributed by atoms with van der Waals surface area (Å²) in [7, 11) is 0. The van der Waals surface area contributed by atoms with Crippen LogP contribution in [0.3, 0.4) is 0 Å². The predicted octanol–water partition coefficient (Wildman–Crippen LogP) is 0.567. The Labute approximate surface area is 74.2 Å². The van der Waals surface area contributed by atoms with Crippen molar-refractivity contribution in [1.82, 2.24) is 15.0 Å². The third-order valence-corrected chi connectivity index (χ3v) is 1.77. The summed E-state index contributed by atoms with van der Waals surface area (Å²) in [4.78, 5) is 10.7. The molecule has 1 N–H and O–H groups in total. The van der Waals surface area contributed by atoms with E-state index < -0.39 is 18.2 Å². The van der Waals surface area contributed by atoms with Crippen molar-refractivity contribution in [2.24, 2.45) is 0 Å².